The minimum atomic E-state index is -0.526. The van der Waals surface area contributed by atoms with Gasteiger partial charge in [0.2, 0.25) is 0 Å². The van der Waals surface area contributed by atoms with E-state index in [1.165, 1.54) is 25.3 Å². The van der Waals surface area contributed by atoms with Crippen LogP contribution >= 0.6 is 0 Å². The van der Waals surface area contributed by atoms with E-state index in [-0.39, 0.29) is 18.0 Å². The van der Waals surface area contributed by atoms with Crippen LogP contribution in [0.15, 0.2) is 48.5 Å². The molecule has 1 N–H and O–H groups in total. The van der Waals surface area contributed by atoms with E-state index in [1.807, 2.05) is 0 Å². The third kappa shape index (κ3) is 3.95. The highest BCUT2D eigenvalue weighted by molar-refractivity contribution is 5.93. The molecule has 0 aliphatic carbocycles. The van der Waals surface area contributed by atoms with Crippen LogP contribution in [0.4, 0.5) is 11.4 Å². The Balaban J connectivity index is 1.95. The Labute approximate surface area is 126 Å². The molecule has 0 heterocycles. The molecule has 0 bridgehead atoms. The standard InChI is InChI=1S/C15H14N2O5/c1-21-14-8-3-2-7-13(14)16-15(18)10-22-12-6-4-5-11(9-12)17(19)20/h2-9H,10H2,1H3,(H,16,18). The average Bonchev–Trinajstić information content (AvgIpc) is 2.53. The number of hydrogen-bond donors (Lipinski definition) is 1. The Morgan fingerprint density at radius 1 is 1.23 bits per heavy atom. The maximum absolute atomic E-state index is 11.8. The summed E-state index contributed by atoms with van der Waals surface area (Å²) >= 11 is 0. The number of non-ortho nitro benzene ring substituents is 1. The molecule has 114 valence electrons. The molecule has 0 aliphatic rings. The van der Waals surface area contributed by atoms with Gasteiger partial charge in [0.25, 0.3) is 11.6 Å². The Kier molecular flexibility index (Phi) is 4.92. The van der Waals surface area contributed by atoms with Gasteiger partial charge in [-0.2, -0.15) is 0 Å². The number of anilines is 1. The largest absolute Gasteiger partial charge is 0.495 e. The van der Waals surface area contributed by atoms with Crippen LogP contribution < -0.4 is 14.8 Å². The number of hydrogen-bond acceptors (Lipinski definition) is 5. The molecular weight excluding hydrogens is 288 g/mol. The van der Waals surface area contributed by atoms with Crippen molar-refractivity contribution in [2.75, 3.05) is 19.0 Å². The van der Waals surface area contributed by atoms with Crippen molar-refractivity contribution >= 4 is 17.3 Å². The molecule has 7 nitrogen and oxygen atoms in total. The summed E-state index contributed by atoms with van der Waals surface area (Å²) in [5, 5.41) is 13.3. The van der Waals surface area contributed by atoms with E-state index in [4.69, 9.17) is 9.47 Å². The Hall–Kier alpha value is -3.09. The van der Waals surface area contributed by atoms with Gasteiger partial charge in [0.15, 0.2) is 6.61 Å². The van der Waals surface area contributed by atoms with E-state index in [0.29, 0.717) is 11.4 Å². The van der Waals surface area contributed by atoms with E-state index < -0.39 is 10.8 Å². The summed E-state index contributed by atoms with van der Waals surface area (Å²) in [6.07, 6.45) is 0. The van der Waals surface area contributed by atoms with Crippen LogP contribution in [0.5, 0.6) is 11.5 Å². The first-order chi connectivity index (χ1) is 10.6. The van der Waals surface area contributed by atoms with Crippen molar-refractivity contribution in [1.29, 1.82) is 0 Å². The molecule has 0 aromatic heterocycles. The fourth-order valence-corrected chi connectivity index (χ4v) is 1.77. The predicted octanol–water partition coefficient (Wildman–Crippen LogP) is 2.62. The van der Waals surface area contributed by atoms with Crippen molar-refractivity contribution in [1.82, 2.24) is 0 Å². The molecule has 2 rings (SSSR count). The molecule has 22 heavy (non-hydrogen) atoms. The number of para-hydroxylation sites is 2. The summed E-state index contributed by atoms with van der Waals surface area (Å²) in [6, 6.07) is 12.6. The molecule has 2 aromatic rings. The monoisotopic (exact) mass is 302 g/mol. The summed E-state index contributed by atoms with van der Waals surface area (Å²) in [4.78, 5) is 22.0. The van der Waals surface area contributed by atoms with Gasteiger partial charge in [-0.1, -0.05) is 18.2 Å². The number of nitro groups is 1. The first-order valence-corrected chi connectivity index (χ1v) is 6.40. The van der Waals surface area contributed by atoms with Crippen LogP contribution in [0.2, 0.25) is 0 Å². The first kappa shape index (κ1) is 15.3. The third-order valence-electron chi connectivity index (χ3n) is 2.78. The zero-order chi connectivity index (χ0) is 15.9. The lowest BCUT2D eigenvalue weighted by Crippen LogP contribution is -2.20. The smallest absolute Gasteiger partial charge is 0.273 e. The highest BCUT2D eigenvalue weighted by Gasteiger charge is 2.10. The van der Waals surface area contributed by atoms with Crippen molar-refractivity contribution < 1.29 is 19.2 Å². The molecule has 0 aliphatic heterocycles. The molecule has 0 radical (unpaired) electrons. The predicted molar refractivity (Wildman–Crippen MR) is 80.2 cm³/mol. The third-order valence-corrected chi connectivity index (χ3v) is 2.78. The van der Waals surface area contributed by atoms with Gasteiger partial charge < -0.3 is 14.8 Å². The normalized spacial score (nSPS) is 9.86. The van der Waals surface area contributed by atoms with E-state index in [9.17, 15) is 14.9 Å². The second-order valence-corrected chi connectivity index (χ2v) is 4.29. The van der Waals surface area contributed by atoms with Crippen LogP contribution in [0.1, 0.15) is 0 Å². The molecule has 0 spiro atoms. The lowest BCUT2D eigenvalue weighted by molar-refractivity contribution is -0.384. The summed E-state index contributed by atoms with van der Waals surface area (Å²) < 4.78 is 10.4. The van der Waals surface area contributed by atoms with E-state index in [0.717, 1.165) is 0 Å². The van der Waals surface area contributed by atoms with E-state index in [2.05, 4.69) is 5.32 Å². The number of ether oxygens (including phenoxy) is 2. The van der Waals surface area contributed by atoms with Crippen LogP contribution in [-0.2, 0) is 4.79 Å². The zero-order valence-corrected chi connectivity index (χ0v) is 11.8. The second-order valence-electron chi connectivity index (χ2n) is 4.29. The summed E-state index contributed by atoms with van der Waals surface area (Å²) in [5.74, 6) is 0.395. The molecule has 0 atom stereocenters. The van der Waals surface area contributed by atoms with Crippen molar-refractivity contribution in [3.63, 3.8) is 0 Å². The number of nitrogens with zero attached hydrogens (tertiary/aromatic N) is 1. The fraction of sp³-hybridized carbons (Fsp3) is 0.133. The molecule has 7 heteroatoms. The van der Waals surface area contributed by atoms with Crippen LogP contribution in [0, 0.1) is 10.1 Å². The van der Waals surface area contributed by atoms with Crippen molar-refractivity contribution in [2.45, 2.75) is 0 Å². The van der Waals surface area contributed by atoms with Crippen LogP contribution in [-0.4, -0.2) is 24.5 Å². The number of benzene rings is 2. The van der Waals surface area contributed by atoms with Gasteiger partial charge in [-0.15, -0.1) is 0 Å². The summed E-state index contributed by atoms with van der Waals surface area (Å²) in [6.45, 7) is -0.265. The zero-order valence-electron chi connectivity index (χ0n) is 11.8. The van der Waals surface area contributed by atoms with Crippen molar-refractivity contribution in [2.24, 2.45) is 0 Å². The Morgan fingerprint density at radius 2 is 2.00 bits per heavy atom. The maximum Gasteiger partial charge on any atom is 0.273 e. The fourth-order valence-electron chi connectivity index (χ4n) is 1.77. The molecular formula is C15H14N2O5. The molecule has 0 unspecified atom stereocenters. The Morgan fingerprint density at radius 3 is 2.73 bits per heavy atom. The Bertz CT molecular complexity index is 687. The van der Waals surface area contributed by atoms with E-state index in [1.54, 1.807) is 30.3 Å². The van der Waals surface area contributed by atoms with Gasteiger partial charge in [-0.3, -0.25) is 14.9 Å². The van der Waals surface area contributed by atoms with Gasteiger partial charge in [-0.25, -0.2) is 0 Å². The number of rotatable bonds is 6. The molecule has 0 fully saturated rings. The lowest BCUT2D eigenvalue weighted by atomic mass is 10.3. The minimum absolute atomic E-state index is 0.0948. The quantitative estimate of drug-likeness (QED) is 0.654. The summed E-state index contributed by atoms with van der Waals surface area (Å²) in [5.41, 5.74) is 0.431. The first-order valence-electron chi connectivity index (χ1n) is 6.40. The number of methoxy groups -OCH3 is 1. The van der Waals surface area contributed by atoms with Gasteiger partial charge in [-0.05, 0) is 18.2 Å². The number of nitrogens with one attached hydrogen (secondary N) is 1. The van der Waals surface area contributed by atoms with Gasteiger partial charge in [0, 0.05) is 6.07 Å². The summed E-state index contributed by atoms with van der Waals surface area (Å²) in [7, 11) is 1.50. The van der Waals surface area contributed by atoms with Crippen LogP contribution in [0.3, 0.4) is 0 Å². The highest BCUT2D eigenvalue weighted by Crippen LogP contribution is 2.23. The number of carbonyl (C=O) groups excluding carboxylic acids is 1. The minimum Gasteiger partial charge on any atom is -0.495 e. The molecule has 1 amide bonds. The number of amides is 1. The maximum atomic E-state index is 11.8. The van der Waals surface area contributed by atoms with Gasteiger partial charge in [0.1, 0.15) is 11.5 Å². The highest BCUT2D eigenvalue weighted by atomic mass is 16.6. The molecule has 0 saturated carbocycles. The lowest BCUT2D eigenvalue weighted by Gasteiger charge is -2.10. The van der Waals surface area contributed by atoms with E-state index >= 15 is 0 Å². The molecule has 0 saturated heterocycles. The molecule has 2 aromatic carbocycles. The van der Waals surface area contributed by atoms with Crippen LogP contribution in [0.25, 0.3) is 0 Å². The number of carbonyl (C=O) groups is 1. The van der Waals surface area contributed by atoms with Gasteiger partial charge in [0.05, 0.1) is 23.8 Å². The SMILES string of the molecule is COc1ccccc1NC(=O)COc1cccc([N+](=O)[O-])c1. The van der Waals surface area contributed by atoms with Gasteiger partial charge >= 0.3 is 0 Å². The topological polar surface area (TPSA) is 90.7 Å². The number of nitro benzene ring substituents is 1. The van der Waals surface area contributed by atoms with Crippen molar-refractivity contribution in [3.8, 4) is 11.5 Å². The second kappa shape index (κ2) is 7.07. The van der Waals surface area contributed by atoms with Crippen molar-refractivity contribution in [3.05, 3.63) is 58.6 Å². The average molecular weight is 302 g/mol.